The number of nitrogens with one attached hydrogen (secondary N) is 1. The smallest absolute Gasteiger partial charge is 0.342 e. The highest BCUT2D eigenvalue weighted by Gasteiger charge is 2.20. The normalized spacial score (nSPS) is 11.7. The third kappa shape index (κ3) is 4.11. The van der Waals surface area contributed by atoms with E-state index in [1.807, 2.05) is 50.2 Å². The molecule has 1 aromatic heterocycles. The van der Waals surface area contributed by atoms with E-state index in [0.717, 1.165) is 22.5 Å². The summed E-state index contributed by atoms with van der Waals surface area (Å²) >= 11 is 0. The Labute approximate surface area is 164 Å². The molecule has 0 aliphatic carbocycles. The van der Waals surface area contributed by atoms with Gasteiger partial charge in [0, 0.05) is 12.6 Å². The number of nitrogens with zero attached hydrogens (tertiary/aromatic N) is 2. The topological polar surface area (TPSA) is 73.2 Å². The van der Waals surface area contributed by atoms with Gasteiger partial charge in [-0.2, -0.15) is 5.10 Å². The van der Waals surface area contributed by atoms with Crippen LogP contribution in [0.4, 0.5) is 5.69 Å². The van der Waals surface area contributed by atoms with Crippen molar-refractivity contribution in [2.75, 3.05) is 5.32 Å². The van der Waals surface area contributed by atoms with Crippen LogP contribution in [0.15, 0.2) is 54.7 Å². The minimum atomic E-state index is -0.470. The van der Waals surface area contributed by atoms with Gasteiger partial charge in [0.05, 0.1) is 17.6 Å². The van der Waals surface area contributed by atoms with Crippen molar-refractivity contribution in [2.24, 2.45) is 0 Å². The molecule has 0 fully saturated rings. The van der Waals surface area contributed by atoms with Crippen LogP contribution in [0.5, 0.6) is 0 Å². The van der Waals surface area contributed by atoms with E-state index in [2.05, 4.69) is 10.4 Å². The minimum absolute atomic E-state index is 0.152. The van der Waals surface area contributed by atoms with Gasteiger partial charge in [0.1, 0.15) is 11.7 Å². The second kappa shape index (κ2) is 8.08. The predicted octanol–water partition coefficient (Wildman–Crippen LogP) is 4.37. The van der Waals surface area contributed by atoms with Crippen LogP contribution in [-0.2, 0) is 9.53 Å². The summed E-state index contributed by atoms with van der Waals surface area (Å²) in [6.45, 7) is 7.09. The number of aromatic nitrogens is 2. The number of esters is 1. The van der Waals surface area contributed by atoms with Gasteiger partial charge < -0.3 is 10.1 Å². The molecular formula is C22H23N3O3. The molecule has 0 aliphatic rings. The Morgan fingerprint density at radius 3 is 2.57 bits per heavy atom. The molecule has 0 saturated carbocycles. The Kier molecular flexibility index (Phi) is 5.59. The molecule has 0 aliphatic heterocycles. The zero-order valence-electron chi connectivity index (χ0n) is 16.4. The number of hydrogen-bond acceptors (Lipinski definition) is 4. The van der Waals surface area contributed by atoms with E-state index in [1.54, 1.807) is 23.7 Å². The highest BCUT2D eigenvalue weighted by molar-refractivity contribution is 5.91. The van der Waals surface area contributed by atoms with Crippen molar-refractivity contribution in [3.63, 3.8) is 0 Å². The van der Waals surface area contributed by atoms with Crippen LogP contribution in [0.1, 0.15) is 47.1 Å². The Balaban J connectivity index is 1.79. The highest BCUT2D eigenvalue weighted by Crippen LogP contribution is 2.24. The van der Waals surface area contributed by atoms with Crippen LogP contribution >= 0.6 is 0 Å². The van der Waals surface area contributed by atoms with Gasteiger partial charge >= 0.3 is 5.97 Å². The van der Waals surface area contributed by atoms with E-state index >= 15 is 0 Å². The molecule has 1 unspecified atom stereocenters. The summed E-state index contributed by atoms with van der Waals surface area (Å²) in [5.41, 5.74) is 4.60. The van der Waals surface area contributed by atoms with E-state index in [1.165, 1.54) is 13.1 Å². The number of carbonyl (C=O) groups is 2. The monoisotopic (exact) mass is 377 g/mol. The Morgan fingerprint density at radius 1 is 1.11 bits per heavy atom. The molecule has 0 bridgehead atoms. The standard InChI is InChI=1S/C22H23N3O3/c1-14-8-5-6-11-21(14)25-15(2)20(13-23-25)22(27)28-16(3)18-9-7-10-19(12-18)24-17(4)26/h5-13,16H,1-4H3,(H,24,26). The SMILES string of the molecule is CC(=O)Nc1cccc(C(C)OC(=O)c2cnn(-c3ccccc3C)c2C)c1. The van der Waals surface area contributed by atoms with E-state index < -0.39 is 12.1 Å². The van der Waals surface area contributed by atoms with Crippen LogP contribution in [0.25, 0.3) is 5.69 Å². The third-order valence-electron chi connectivity index (χ3n) is 4.53. The Bertz CT molecular complexity index is 1020. The fourth-order valence-corrected chi connectivity index (χ4v) is 3.02. The summed E-state index contributed by atoms with van der Waals surface area (Å²) in [6.07, 6.45) is 1.06. The first-order chi connectivity index (χ1) is 13.4. The fraction of sp³-hybridized carbons (Fsp3) is 0.227. The van der Waals surface area contributed by atoms with Gasteiger partial charge in [-0.15, -0.1) is 0 Å². The summed E-state index contributed by atoms with van der Waals surface area (Å²) in [7, 11) is 0. The van der Waals surface area contributed by atoms with Gasteiger partial charge in [0.15, 0.2) is 0 Å². The maximum atomic E-state index is 12.7. The summed E-state index contributed by atoms with van der Waals surface area (Å²) in [6, 6.07) is 15.1. The van der Waals surface area contributed by atoms with Gasteiger partial charge in [-0.25, -0.2) is 9.48 Å². The number of amides is 1. The van der Waals surface area contributed by atoms with Crippen LogP contribution in [-0.4, -0.2) is 21.7 Å². The average molecular weight is 377 g/mol. The van der Waals surface area contributed by atoms with Crippen LogP contribution in [0.3, 0.4) is 0 Å². The van der Waals surface area contributed by atoms with Crippen LogP contribution < -0.4 is 5.32 Å². The Hall–Kier alpha value is -3.41. The lowest BCUT2D eigenvalue weighted by Crippen LogP contribution is -2.11. The number of benzene rings is 2. The molecule has 3 aromatic rings. The zero-order chi connectivity index (χ0) is 20.3. The predicted molar refractivity (Wildman–Crippen MR) is 108 cm³/mol. The zero-order valence-corrected chi connectivity index (χ0v) is 16.4. The first-order valence-electron chi connectivity index (χ1n) is 9.06. The molecule has 1 N–H and O–H groups in total. The summed E-state index contributed by atoms with van der Waals surface area (Å²) < 4.78 is 7.38. The largest absolute Gasteiger partial charge is 0.454 e. The van der Waals surface area contributed by atoms with Crippen molar-refractivity contribution >= 4 is 17.6 Å². The number of aryl methyl sites for hydroxylation is 1. The van der Waals surface area contributed by atoms with Crippen molar-refractivity contribution < 1.29 is 14.3 Å². The maximum Gasteiger partial charge on any atom is 0.342 e. The highest BCUT2D eigenvalue weighted by atomic mass is 16.5. The third-order valence-corrected chi connectivity index (χ3v) is 4.53. The van der Waals surface area contributed by atoms with Crippen molar-refractivity contribution in [1.29, 1.82) is 0 Å². The van der Waals surface area contributed by atoms with Crippen molar-refractivity contribution in [2.45, 2.75) is 33.8 Å². The molecular weight excluding hydrogens is 354 g/mol. The molecule has 1 atom stereocenters. The maximum absolute atomic E-state index is 12.7. The molecule has 3 rings (SSSR count). The van der Waals surface area contributed by atoms with Crippen molar-refractivity contribution in [1.82, 2.24) is 9.78 Å². The number of ether oxygens (including phenoxy) is 1. The number of carbonyl (C=O) groups excluding carboxylic acids is 2. The lowest BCUT2D eigenvalue weighted by Gasteiger charge is -2.15. The molecule has 144 valence electrons. The Morgan fingerprint density at radius 2 is 1.86 bits per heavy atom. The first-order valence-corrected chi connectivity index (χ1v) is 9.06. The van der Waals surface area contributed by atoms with Gasteiger partial charge in [-0.1, -0.05) is 30.3 Å². The van der Waals surface area contributed by atoms with E-state index in [4.69, 9.17) is 4.74 Å². The number of para-hydroxylation sites is 1. The van der Waals surface area contributed by atoms with Gasteiger partial charge in [-0.3, -0.25) is 4.79 Å². The molecule has 0 spiro atoms. The van der Waals surface area contributed by atoms with E-state index in [9.17, 15) is 9.59 Å². The van der Waals surface area contributed by atoms with Gasteiger partial charge in [0.25, 0.3) is 0 Å². The molecule has 6 heteroatoms. The average Bonchev–Trinajstić information content (AvgIpc) is 3.03. The minimum Gasteiger partial charge on any atom is -0.454 e. The quantitative estimate of drug-likeness (QED) is 0.670. The number of rotatable bonds is 5. The van der Waals surface area contributed by atoms with Gasteiger partial charge in [0.2, 0.25) is 5.91 Å². The molecule has 1 amide bonds. The van der Waals surface area contributed by atoms with Gasteiger partial charge in [-0.05, 0) is 50.1 Å². The number of anilines is 1. The summed E-state index contributed by atoms with van der Waals surface area (Å²) in [4.78, 5) is 23.9. The van der Waals surface area contributed by atoms with Crippen LogP contribution in [0, 0.1) is 13.8 Å². The molecule has 0 radical (unpaired) electrons. The lowest BCUT2D eigenvalue weighted by molar-refractivity contribution is -0.114. The summed E-state index contributed by atoms with van der Waals surface area (Å²) in [5, 5.41) is 7.09. The molecule has 0 saturated heterocycles. The fourth-order valence-electron chi connectivity index (χ4n) is 3.02. The van der Waals surface area contributed by atoms with E-state index in [-0.39, 0.29) is 5.91 Å². The second-order valence-corrected chi connectivity index (χ2v) is 6.70. The number of hydrogen-bond donors (Lipinski definition) is 1. The second-order valence-electron chi connectivity index (χ2n) is 6.70. The molecule has 28 heavy (non-hydrogen) atoms. The van der Waals surface area contributed by atoms with Crippen LogP contribution in [0.2, 0.25) is 0 Å². The van der Waals surface area contributed by atoms with Crippen molar-refractivity contribution in [3.8, 4) is 5.69 Å². The van der Waals surface area contributed by atoms with Crippen molar-refractivity contribution in [3.05, 3.63) is 77.1 Å². The summed E-state index contributed by atoms with van der Waals surface area (Å²) in [5.74, 6) is -0.587. The molecule has 1 heterocycles. The first kappa shape index (κ1) is 19.4. The molecule has 2 aromatic carbocycles. The van der Waals surface area contributed by atoms with E-state index in [0.29, 0.717) is 11.3 Å². The molecule has 6 nitrogen and oxygen atoms in total. The lowest BCUT2D eigenvalue weighted by atomic mass is 10.1.